The molecule has 0 atom stereocenters. The SMILES string of the molecule is Cc1cc2c(-c3ccccc3)c(-c3ccccc3)c(-c3ccccc3)c(-c3ccccc3)c2c(C(=O)Nc2cccc3cccnc23)c1C. The van der Waals surface area contributed by atoms with Gasteiger partial charge in [0.05, 0.1) is 16.8 Å². The van der Waals surface area contributed by atoms with Crippen LogP contribution >= 0.6 is 0 Å². The fourth-order valence-corrected chi connectivity index (χ4v) is 7.14. The highest BCUT2D eigenvalue weighted by Crippen LogP contribution is 2.52. The average Bonchev–Trinajstić information content (AvgIpc) is 3.16. The third kappa shape index (κ3) is 5.36. The first kappa shape index (κ1) is 30.0. The van der Waals surface area contributed by atoms with E-state index in [0.717, 1.165) is 77.3 Å². The summed E-state index contributed by atoms with van der Waals surface area (Å²) in [7, 11) is 0. The smallest absolute Gasteiger partial charge is 0.256 e. The Morgan fingerprint density at radius 3 is 1.59 bits per heavy atom. The minimum absolute atomic E-state index is 0.160. The fraction of sp³-hybridized carbons (Fsp3) is 0.0435. The average molecular weight is 631 g/mol. The zero-order valence-corrected chi connectivity index (χ0v) is 27.4. The van der Waals surface area contributed by atoms with Crippen molar-refractivity contribution in [2.24, 2.45) is 0 Å². The van der Waals surface area contributed by atoms with E-state index in [-0.39, 0.29) is 5.91 Å². The van der Waals surface area contributed by atoms with Crippen molar-refractivity contribution in [3.8, 4) is 44.5 Å². The van der Waals surface area contributed by atoms with Gasteiger partial charge < -0.3 is 5.32 Å². The van der Waals surface area contributed by atoms with E-state index in [1.807, 2.05) is 36.4 Å². The van der Waals surface area contributed by atoms with Crippen molar-refractivity contribution in [2.75, 3.05) is 5.32 Å². The van der Waals surface area contributed by atoms with Crippen LogP contribution in [0.3, 0.4) is 0 Å². The first-order chi connectivity index (χ1) is 24.1. The van der Waals surface area contributed by atoms with E-state index in [1.165, 1.54) is 0 Å². The van der Waals surface area contributed by atoms with Gasteiger partial charge >= 0.3 is 0 Å². The highest BCUT2D eigenvalue weighted by Gasteiger charge is 2.28. The predicted molar refractivity (Wildman–Crippen MR) is 205 cm³/mol. The van der Waals surface area contributed by atoms with Gasteiger partial charge in [-0.05, 0) is 87.0 Å². The molecule has 8 rings (SSSR count). The van der Waals surface area contributed by atoms with E-state index in [0.29, 0.717) is 11.3 Å². The van der Waals surface area contributed by atoms with Crippen LogP contribution in [0.1, 0.15) is 21.5 Å². The molecule has 3 heteroatoms. The summed E-state index contributed by atoms with van der Waals surface area (Å²) in [6.45, 7) is 4.17. The molecule has 1 heterocycles. The minimum Gasteiger partial charge on any atom is -0.320 e. The number of anilines is 1. The quantitative estimate of drug-likeness (QED) is 0.199. The molecular formula is C46H34N2O. The molecule has 8 aromatic rings. The number of aromatic nitrogens is 1. The van der Waals surface area contributed by atoms with Gasteiger partial charge in [-0.25, -0.2) is 0 Å². The Kier molecular flexibility index (Phi) is 7.79. The summed E-state index contributed by atoms with van der Waals surface area (Å²) in [5.41, 5.74) is 12.8. The van der Waals surface area contributed by atoms with Crippen LogP contribution in [0.5, 0.6) is 0 Å². The van der Waals surface area contributed by atoms with Gasteiger partial charge in [-0.1, -0.05) is 146 Å². The van der Waals surface area contributed by atoms with Gasteiger partial charge in [0.2, 0.25) is 0 Å². The topological polar surface area (TPSA) is 42.0 Å². The van der Waals surface area contributed by atoms with Gasteiger partial charge in [-0.3, -0.25) is 9.78 Å². The summed E-state index contributed by atoms with van der Waals surface area (Å²) in [6, 6.07) is 54.4. The van der Waals surface area contributed by atoms with Gasteiger partial charge in [-0.2, -0.15) is 0 Å². The summed E-state index contributed by atoms with van der Waals surface area (Å²) in [4.78, 5) is 19.6. The maximum Gasteiger partial charge on any atom is 0.256 e. The van der Waals surface area contributed by atoms with E-state index in [4.69, 9.17) is 0 Å². The number of aryl methyl sites for hydroxylation is 1. The van der Waals surface area contributed by atoms with Gasteiger partial charge in [-0.15, -0.1) is 0 Å². The van der Waals surface area contributed by atoms with Crippen LogP contribution in [-0.4, -0.2) is 10.9 Å². The van der Waals surface area contributed by atoms with E-state index in [9.17, 15) is 4.79 Å². The number of nitrogens with one attached hydrogen (secondary N) is 1. The third-order valence-corrected chi connectivity index (χ3v) is 9.47. The number of rotatable bonds is 6. The number of hydrogen-bond acceptors (Lipinski definition) is 2. The standard InChI is InChI=1S/C46H34N2O/c1-30-29-37-40(32-17-7-3-8-18-32)41(33-19-9-4-10-20-33)42(34-21-11-5-12-22-34)43(35-23-13-6-14-24-35)44(37)39(31(30)2)46(49)48-38-27-15-25-36-26-16-28-47-45(36)38/h3-29H,1-2H3,(H,48,49). The van der Waals surface area contributed by atoms with Crippen LogP contribution in [0, 0.1) is 13.8 Å². The molecule has 0 spiro atoms. The predicted octanol–water partition coefficient (Wildman–Crippen LogP) is 11.9. The maximum absolute atomic E-state index is 14.9. The zero-order valence-electron chi connectivity index (χ0n) is 27.4. The number of nitrogens with zero attached hydrogens (tertiary/aromatic N) is 1. The maximum atomic E-state index is 14.9. The number of para-hydroxylation sites is 1. The summed E-state index contributed by atoms with van der Waals surface area (Å²) in [5.74, 6) is -0.160. The first-order valence-corrected chi connectivity index (χ1v) is 16.6. The Morgan fingerprint density at radius 2 is 1.02 bits per heavy atom. The summed E-state index contributed by atoms with van der Waals surface area (Å²) in [5, 5.41) is 6.24. The van der Waals surface area contributed by atoms with Crippen molar-refractivity contribution in [2.45, 2.75) is 13.8 Å². The van der Waals surface area contributed by atoms with Crippen LogP contribution in [0.2, 0.25) is 0 Å². The monoisotopic (exact) mass is 630 g/mol. The molecule has 234 valence electrons. The number of hydrogen-bond donors (Lipinski definition) is 1. The molecule has 0 saturated heterocycles. The van der Waals surface area contributed by atoms with Gasteiger partial charge in [0, 0.05) is 17.0 Å². The molecule has 0 aliphatic rings. The lowest BCUT2D eigenvalue weighted by Gasteiger charge is -2.27. The normalized spacial score (nSPS) is 11.1. The second kappa shape index (κ2) is 12.7. The molecule has 1 amide bonds. The lowest BCUT2D eigenvalue weighted by atomic mass is 9.76. The van der Waals surface area contributed by atoms with E-state index >= 15 is 0 Å². The summed E-state index contributed by atoms with van der Waals surface area (Å²) in [6.07, 6.45) is 1.77. The van der Waals surface area contributed by atoms with Crippen molar-refractivity contribution in [3.05, 3.63) is 181 Å². The van der Waals surface area contributed by atoms with Gasteiger partial charge in [0.15, 0.2) is 0 Å². The fourth-order valence-electron chi connectivity index (χ4n) is 7.14. The molecule has 49 heavy (non-hydrogen) atoms. The Hall–Kier alpha value is -6.32. The molecule has 3 nitrogen and oxygen atoms in total. The van der Waals surface area contributed by atoms with E-state index in [2.05, 4.69) is 145 Å². The summed E-state index contributed by atoms with van der Waals surface area (Å²) >= 11 is 0. The third-order valence-electron chi connectivity index (χ3n) is 9.47. The van der Waals surface area contributed by atoms with Crippen molar-refractivity contribution in [1.29, 1.82) is 0 Å². The largest absolute Gasteiger partial charge is 0.320 e. The summed E-state index contributed by atoms with van der Waals surface area (Å²) < 4.78 is 0. The molecule has 1 aromatic heterocycles. The minimum atomic E-state index is -0.160. The molecule has 0 aliphatic carbocycles. The van der Waals surface area contributed by atoms with Crippen LogP contribution < -0.4 is 5.32 Å². The van der Waals surface area contributed by atoms with Crippen molar-refractivity contribution < 1.29 is 4.79 Å². The lowest BCUT2D eigenvalue weighted by molar-refractivity contribution is 0.102. The molecular weight excluding hydrogens is 597 g/mol. The number of benzene rings is 7. The first-order valence-electron chi connectivity index (χ1n) is 16.6. The lowest BCUT2D eigenvalue weighted by Crippen LogP contribution is -2.16. The van der Waals surface area contributed by atoms with Crippen molar-refractivity contribution in [3.63, 3.8) is 0 Å². The molecule has 0 unspecified atom stereocenters. The van der Waals surface area contributed by atoms with Gasteiger partial charge in [0.25, 0.3) is 5.91 Å². The number of fused-ring (bicyclic) bond motifs is 2. The Labute approximate surface area is 286 Å². The number of pyridine rings is 1. The Morgan fingerprint density at radius 1 is 0.531 bits per heavy atom. The van der Waals surface area contributed by atoms with Crippen LogP contribution in [0.4, 0.5) is 5.69 Å². The Balaban J connectivity index is 1.58. The second-order valence-electron chi connectivity index (χ2n) is 12.4. The highest BCUT2D eigenvalue weighted by molar-refractivity contribution is 6.26. The number of carbonyl (C=O) groups excluding carboxylic acids is 1. The number of amides is 1. The van der Waals surface area contributed by atoms with Crippen LogP contribution in [0.25, 0.3) is 66.2 Å². The van der Waals surface area contributed by atoms with Gasteiger partial charge in [0.1, 0.15) is 0 Å². The van der Waals surface area contributed by atoms with Crippen LogP contribution in [0.15, 0.2) is 164 Å². The Bertz CT molecular complexity index is 2470. The van der Waals surface area contributed by atoms with E-state index in [1.54, 1.807) is 6.20 Å². The molecule has 0 aliphatic heterocycles. The molecule has 1 N–H and O–H groups in total. The number of carbonyl (C=O) groups is 1. The van der Waals surface area contributed by atoms with Crippen molar-refractivity contribution >= 4 is 33.3 Å². The highest BCUT2D eigenvalue weighted by atomic mass is 16.1. The molecule has 7 aromatic carbocycles. The van der Waals surface area contributed by atoms with Crippen molar-refractivity contribution in [1.82, 2.24) is 4.98 Å². The second-order valence-corrected chi connectivity index (χ2v) is 12.4. The zero-order chi connectivity index (χ0) is 33.3. The molecule has 0 fully saturated rings. The molecule has 0 radical (unpaired) electrons. The van der Waals surface area contributed by atoms with E-state index < -0.39 is 0 Å². The van der Waals surface area contributed by atoms with Crippen LogP contribution in [-0.2, 0) is 0 Å². The molecule has 0 saturated carbocycles. The molecule has 0 bridgehead atoms.